The molecule has 0 spiro atoms. The van der Waals surface area contributed by atoms with Gasteiger partial charge in [-0.15, -0.1) is 0 Å². The number of halogens is 3. The normalized spacial score (nSPS) is 14.9. The van der Waals surface area contributed by atoms with E-state index in [0.29, 0.717) is 0 Å². The largest absolute Gasteiger partial charge is 0.415 e. The molecule has 0 aliphatic carbocycles. The predicted molar refractivity (Wildman–Crippen MR) is 50.6 cm³/mol. The second kappa shape index (κ2) is 4.63. The molecule has 0 amide bonds. The molecule has 0 aliphatic rings. The summed E-state index contributed by atoms with van der Waals surface area (Å²) in [5.74, 6) is 0. The van der Waals surface area contributed by atoms with E-state index in [0.717, 1.165) is 6.20 Å². The number of nitrogens with zero attached hydrogens (tertiary/aromatic N) is 1. The fourth-order valence-electron chi connectivity index (χ4n) is 0.993. The van der Waals surface area contributed by atoms with Crippen molar-refractivity contribution in [2.45, 2.75) is 24.1 Å². The van der Waals surface area contributed by atoms with Crippen LogP contribution in [0.4, 0.5) is 13.2 Å². The number of hydrogen-bond donors (Lipinski definition) is 3. The van der Waals surface area contributed by atoms with Crippen molar-refractivity contribution in [3.63, 3.8) is 0 Å². The molecule has 6 nitrogen and oxygen atoms in total. The van der Waals surface area contributed by atoms with Gasteiger partial charge in [-0.1, -0.05) is 0 Å². The minimum absolute atomic E-state index is 0.194. The van der Waals surface area contributed by atoms with E-state index in [4.69, 9.17) is 5.11 Å². The van der Waals surface area contributed by atoms with E-state index >= 15 is 0 Å². The predicted octanol–water partition coefficient (Wildman–Crippen LogP) is -0.0804. The van der Waals surface area contributed by atoms with Gasteiger partial charge in [0.05, 0.1) is 11.9 Å². The van der Waals surface area contributed by atoms with Gasteiger partial charge >= 0.3 is 6.18 Å². The lowest BCUT2D eigenvalue weighted by Crippen LogP contribution is -2.40. The molecule has 0 aliphatic heterocycles. The van der Waals surface area contributed by atoms with Crippen molar-refractivity contribution < 1.29 is 26.7 Å². The van der Waals surface area contributed by atoms with Gasteiger partial charge in [-0.3, -0.25) is 5.10 Å². The van der Waals surface area contributed by atoms with Gasteiger partial charge in [0.15, 0.2) is 6.10 Å². The monoisotopic (exact) mass is 273 g/mol. The number of sulfonamides is 1. The van der Waals surface area contributed by atoms with Gasteiger partial charge in [-0.25, -0.2) is 13.1 Å². The number of nitrogens with one attached hydrogen (secondary N) is 2. The number of alkyl halides is 3. The van der Waals surface area contributed by atoms with E-state index < -0.39 is 28.8 Å². The molecule has 1 heterocycles. The molecule has 0 saturated carbocycles. The lowest BCUT2D eigenvalue weighted by atomic mass is 10.4. The molecular formula is C7H10F3N3O3S. The smallest absolute Gasteiger partial charge is 0.382 e. The number of aromatic amines is 1. The molecule has 0 radical (unpaired) electrons. The van der Waals surface area contributed by atoms with Crippen LogP contribution in [0.1, 0.15) is 5.69 Å². The van der Waals surface area contributed by atoms with Gasteiger partial charge in [0.2, 0.25) is 10.0 Å². The van der Waals surface area contributed by atoms with Crippen LogP contribution in [0.25, 0.3) is 0 Å². The van der Waals surface area contributed by atoms with Gasteiger partial charge in [0.25, 0.3) is 0 Å². The van der Waals surface area contributed by atoms with Crippen molar-refractivity contribution in [1.29, 1.82) is 0 Å². The fourth-order valence-corrected chi connectivity index (χ4v) is 2.17. The third kappa shape index (κ3) is 3.41. The average molecular weight is 273 g/mol. The first-order valence-electron chi connectivity index (χ1n) is 4.39. The second-order valence-corrected chi connectivity index (χ2v) is 5.00. The number of aryl methyl sites for hydroxylation is 1. The van der Waals surface area contributed by atoms with Gasteiger partial charge in [0.1, 0.15) is 4.90 Å². The van der Waals surface area contributed by atoms with Crippen molar-refractivity contribution in [2.24, 2.45) is 0 Å². The lowest BCUT2D eigenvalue weighted by molar-refractivity contribution is -0.200. The average Bonchev–Trinajstić information content (AvgIpc) is 2.60. The summed E-state index contributed by atoms with van der Waals surface area (Å²) in [6.07, 6.45) is -6.64. The summed E-state index contributed by atoms with van der Waals surface area (Å²) >= 11 is 0. The van der Waals surface area contributed by atoms with Gasteiger partial charge in [-0.05, 0) is 6.92 Å². The highest BCUT2D eigenvalue weighted by molar-refractivity contribution is 7.89. The molecule has 1 atom stereocenters. The fraction of sp³-hybridized carbons (Fsp3) is 0.571. The number of aliphatic hydroxyl groups is 1. The Morgan fingerprint density at radius 2 is 2.18 bits per heavy atom. The number of rotatable bonds is 4. The Morgan fingerprint density at radius 1 is 1.59 bits per heavy atom. The van der Waals surface area contributed by atoms with Crippen LogP contribution in [0.15, 0.2) is 11.1 Å². The third-order valence-corrected chi connectivity index (χ3v) is 3.46. The topological polar surface area (TPSA) is 95.1 Å². The molecule has 1 aromatic heterocycles. The minimum Gasteiger partial charge on any atom is -0.382 e. The standard InChI is InChI=1S/C7H10F3N3O3S/c1-4-5(2-11-13-4)17(15,16)12-3-6(14)7(8,9)10/h2,6,12,14H,3H2,1H3,(H,11,13). The highest BCUT2D eigenvalue weighted by Gasteiger charge is 2.38. The lowest BCUT2D eigenvalue weighted by Gasteiger charge is -2.14. The van der Waals surface area contributed by atoms with Crippen molar-refractivity contribution in [2.75, 3.05) is 6.54 Å². The molecule has 1 aromatic rings. The van der Waals surface area contributed by atoms with Crippen LogP contribution in [0.3, 0.4) is 0 Å². The van der Waals surface area contributed by atoms with Crippen molar-refractivity contribution in [3.8, 4) is 0 Å². The molecule has 17 heavy (non-hydrogen) atoms. The Morgan fingerprint density at radius 3 is 2.59 bits per heavy atom. The van der Waals surface area contributed by atoms with E-state index in [1.165, 1.54) is 6.92 Å². The Labute approximate surface area is 94.9 Å². The first kappa shape index (κ1) is 13.9. The molecular weight excluding hydrogens is 263 g/mol. The van der Waals surface area contributed by atoms with Crippen LogP contribution in [0, 0.1) is 6.92 Å². The van der Waals surface area contributed by atoms with Crippen LogP contribution < -0.4 is 4.72 Å². The summed E-state index contributed by atoms with van der Waals surface area (Å²) < 4.78 is 60.5. The maximum Gasteiger partial charge on any atom is 0.415 e. The van der Waals surface area contributed by atoms with Crippen molar-refractivity contribution in [1.82, 2.24) is 14.9 Å². The van der Waals surface area contributed by atoms with Crippen LogP contribution in [0.5, 0.6) is 0 Å². The second-order valence-electron chi connectivity index (χ2n) is 3.27. The first-order valence-corrected chi connectivity index (χ1v) is 5.87. The summed E-state index contributed by atoms with van der Waals surface area (Å²) in [5, 5.41) is 14.4. The van der Waals surface area contributed by atoms with Crippen molar-refractivity contribution >= 4 is 10.0 Å². The summed E-state index contributed by atoms with van der Waals surface area (Å²) in [7, 11) is -4.11. The number of aliphatic hydroxyl groups excluding tert-OH is 1. The molecule has 0 aromatic carbocycles. The SMILES string of the molecule is Cc1[nH]ncc1S(=O)(=O)NCC(O)C(F)(F)F. The summed E-state index contributed by atoms with van der Waals surface area (Å²) in [4.78, 5) is -0.258. The molecule has 1 rings (SSSR count). The molecule has 0 saturated heterocycles. The van der Waals surface area contributed by atoms with Gasteiger partial charge < -0.3 is 5.11 Å². The molecule has 0 fully saturated rings. The highest BCUT2D eigenvalue weighted by atomic mass is 32.2. The maximum atomic E-state index is 11.9. The van der Waals surface area contributed by atoms with E-state index in [1.807, 2.05) is 0 Å². The van der Waals surface area contributed by atoms with Crippen LogP contribution >= 0.6 is 0 Å². The van der Waals surface area contributed by atoms with E-state index in [-0.39, 0.29) is 10.6 Å². The molecule has 1 unspecified atom stereocenters. The molecule has 10 heteroatoms. The molecule has 98 valence electrons. The minimum atomic E-state index is -4.87. The van der Waals surface area contributed by atoms with Crippen LogP contribution in [-0.2, 0) is 10.0 Å². The van der Waals surface area contributed by atoms with Gasteiger partial charge in [0, 0.05) is 6.54 Å². The number of H-pyrrole nitrogens is 1. The van der Waals surface area contributed by atoms with Gasteiger partial charge in [-0.2, -0.15) is 18.3 Å². The molecule has 3 N–H and O–H groups in total. The zero-order valence-electron chi connectivity index (χ0n) is 8.61. The quantitative estimate of drug-likeness (QED) is 0.715. The third-order valence-electron chi connectivity index (χ3n) is 1.92. The first-order chi connectivity index (χ1) is 7.64. The number of hydrogen-bond acceptors (Lipinski definition) is 4. The summed E-state index contributed by atoms with van der Waals surface area (Å²) in [6, 6.07) is 0. The molecule has 0 bridgehead atoms. The maximum absolute atomic E-state index is 11.9. The number of aromatic nitrogens is 2. The zero-order valence-corrected chi connectivity index (χ0v) is 9.43. The zero-order chi connectivity index (χ0) is 13.3. The Bertz CT molecular complexity index is 482. The Kier molecular flexibility index (Phi) is 3.79. The van der Waals surface area contributed by atoms with E-state index in [9.17, 15) is 21.6 Å². The highest BCUT2D eigenvalue weighted by Crippen LogP contribution is 2.20. The van der Waals surface area contributed by atoms with E-state index in [1.54, 1.807) is 4.72 Å². The Balaban J connectivity index is 2.74. The summed E-state index contributed by atoms with van der Waals surface area (Å²) in [5.41, 5.74) is 0.194. The van der Waals surface area contributed by atoms with E-state index in [2.05, 4.69) is 10.2 Å². The van der Waals surface area contributed by atoms with Crippen LogP contribution in [0.2, 0.25) is 0 Å². The Hall–Kier alpha value is -1.13. The summed E-state index contributed by atoms with van der Waals surface area (Å²) in [6.45, 7) is 0.262. The van der Waals surface area contributed by atoms with Crippen LogP contribution in [-0.4, -0.2) is 42.5 Å². The van der Waals surface area contributed by atoms with Crippen molar-refractivity contribution in [3.05, 3.63) is 11.9 Å².